The molecule has 11 rings (SSSR count). The van der Waals surface area contributed by atoms with Crippen LogP contribution in [0.2, 0.25) is 0 Å². The quantitative estimate of drug-likeness (QED) is 0.187. The number of furan rings is 1. The Morgan fingerprint density at radius 2 is 1.10 bits per heavy atom. The summed E-state index contributed by atoms with van der Waals surface area (Å²) in [4.78, 5) is 10.2. The van der Waals surface area contributed by atoms with Crippen LogP contribution in [0, 0.1) is 0 Å². The third-order valence-corrected chi connectivity index (χ3v) is 11.2. The van der Waals surface area contributed by atoms with Crippen molar-refractivity contribution in [1.29, 1.82) is 0 Å². The summed E-state index contributed by atoms with van der Waals surface area (Å²) in [6.07, 6.45) is 0. The van der Waals surface area contributed by atoms with Gasteiger partial charge in [0.15, 0.2) is 11.4 Å². The van der Waals surface area contributed by atoms with Gasteiger partial charge in [-0.1, -0.05) is 115 Å². The molecule has 0 fully saturated rings. The predicted molar refractivity (Wildman–Crippen MR) is 213 cm³/mol. The van der Waals surface area contributed by atoms with Crippen molar-refractivity contribution in [1.82, 2.24) is 14.5 Å². The lowest BCUT2D eigenvalue weighted by molar-refractivity contribution is 0.673. The lowest BCUT2D eigenvalue weighted by Gasteiger charge is -2.12. The van der Waals surface area contributed by atoms with Crippen molar-refractivity contribution >= 4 is 75.3 Å². The minimum absolute atomic E-state index is 0.693. The van der Waals surface area contributed by atoms with Gasteiger partial charge in [0.1, 0.15) is 5.58 Å². The number of hydrogen-bond acceptors (Lipinski definition) is 4. The fourth-order valence-corrected chi connectivity index (χ4v) is 8.94. The fraction of sp³-hybridized carbons (Fsp3) is 0. The molecular weight excluding hydrogens is 643 g/mol. The molecule has 0 aliphatic heterocycles. The zero-order valence-electron chi connectivity index (χ0n) is 27.2. The molecule has 238 valence electrons. The molecule has 5 heteroatoms. The molecule has 0 bridgehead atoms. The van der Waals surface area contributed by atoms with E-state index in [-0.39, 0.29) is 0 Å². The largest absolute Gasteiger partial charge is 0.454 e. The van der Waals surface area contributed by atoms with Crippen LogP contribution in [-0.2, 0) is 0 Å². The van der Waals surface area contributed by atoms with E-state index in [9.17, 15) is 0 Å². The summed E-state index contributed by atoms with van der Waals surface area (Å²) in [5, 5.41) is 7.26. The van der Waals surface area contributed by atoms with Crippen molar-refractivity contribution < 1.29 is 4.42 Å². The molecule has 7 aromatic carbocycles. The van der Waals surface area contributed by atoms with Gasteiger partial charge in [0.25, 0.3) is 0 Å². The van der Waals surface area contributed by atoms with Gasteiger partial charge in [-0.2, -0.15) is 0 Å². The third-order valence-electron chi connectivity index (χ3n) is 10.0. The number of thiophene rings is 1. The standard InChI is InChI=1S/C46H27N3OS/c1-3-13-28(14-4-1)35-27-36(29-15-5-2-6-16-29)48-46(47-35)30-23-25-31(26-24-30)49-37-20-10-7-17-32(37)40-41-34-19-9-12-22-39(34)51-45(41)44-42(43(40)49)33-18-8-11-21-38(33)50-44/h1-27H. The van der Waals surface area contributed by atoms with E-state index in [4.69, 9.17) is 14.4 Å². The number of hydrogen-bond donors (Lipinski definition) is 0. The van der Waals surface area contributed by atoms with E-state index in [0.717, 1.165) is 66.7 Å². The lowest BCUT2D eigenvalue weighted by Crippen LogP contribution is -1.97. The van der Waals surface area contributed by atoms with Crippen LogP contribution < -0.4 is 0 Å². The van der Waals surface area contributed by atoms with E-state index in [1.54, 1.807) is 0 Å². The Morgan fingerprint density at radius 3 is 1.82 bits per heavy atom. The molecule has 0 amide bonds. The minimum atomic E-state index is 0.693. The van der Waals surface area contributed by atoms with Gasteiger partial charge in [0.2, 0.25) is 0 Å². The predicted octanol–water partition coefficient (Wildman–Crippen LogP) is 12.8. The number of fused-ring (bicyclic) bond motifs is 12. The highest BCUT2D eigenvalue weighted by molar-refractivity contribution is 7.27. The first kappa shape index (κ1) is 28.3. The molecule has 0 aliphatic rings. The van der Waals surface area contributed by atoms with Crippen molar-refractivity contribution in [3.63, 3.8) is 0 Å². The molecule has 0 saturated carbocycles. The number of benzene rings is 7. The van der Waals surface area contributed by atoms with Crippen LogP contribution in [0.1, 0.15) is 0 Å². The summed E-state index contributed by atoms with van der Waals surface area (Å²) >= 11 is 1.82. The van der Waals surface area contributed by atoms with E-state index in [0.29, 0.717) is 5.82 Å². The lowest BCUT2D eigenvalue weighted by atomic mass is 10.0. The zero-order chi connectivity index (χ0) is 33.5. The third kappa shape index (κ3) is 4.25. The maximum Gasteiger partial charge on any atom is 0.160 e. The number of rotatable bonds is 4. The molecule has 51 heavy (non-hydrogen) atoms. The summed E-state index contributed by atoms with van der Waals surface area (Å²) < 4.78 is 11.6. The summed E-state index contributed by atoms with van der Waals surface area (Å²) in [5.74, 6) is 0.693. The van der Waals surface area contributed by atoms with Crippen molar-refractivity contribution in [3.8, 4) is 39.6 Å². The number of aromatic nitrogens is 3. The Morgan fingerprint density at radius 1 is 0.490 bits per heavy atom. The molecule has 11 aromatic rings. The molecular formula is C46H27N3OS. The highest BCUT2D eigenvalue weighted by Crippen LogP contribution is 2.50. The van der Waals surface area contributed by atoms with Gasteiger partial charge >= 0.3 is 0 Å². The molecule has 0 N–H and O–H groups in total. The van der Waals surface area contributed by atoms with Crippen LogP contribution in [0.3, 0.4) is 0 Å². The zero-order valence-corrected chi connectivity index (χ0v) is 28.1. The molecule has 0 aliphatic carbocycles. The van der Waals surface area contributed by atoms with Gasteiger partial charge in [-0.05, 0) is 48.5 Å². The molecule has 0 unspecified atom stereocenters. The average Bonchev–Trinajstić information content (AvgIpc) is 3.88. The van der Waals surface area contributed by atoms with Gasteiger partial charge in [-0.25, -0.2) is 9.97 Å². The van der Waals surface area contributed by atoms with Gasteiger partial charge in [0.05, 0.1) is 32.5 Å². The van der Waals surface area contributed by atoms with Crippen LogP contribution >= 0.6 is 11.3 Å². The summed E-state index contributed by atoms with van der Waals surface area (Å²) in [5.41, 5.74) is 10.1. The molecule has 4 aromatic heterocycles. The van der Waals surface area contributed by atoms with Crippen molar-refractivity contribution in [2.75, 3.05) is 0 Å². The SMILES string of the molecule is c1ccc(-c2cc(-c3ccccc3)nc(-c3ccc(-n4c5ccccc5c5c6c7ccccc7sc6c6oc7ccccc7c6c54)cc3)n2)cc1. The molecule has 0 spiro atoms. The van der Waals surface area contributed by atoms with Crippen LogP contribution in [0.15, 0.2) is 168 Å². The van der Waals surface area contributed by atoms with Crippen LogP contribution in [-0.4, -0.2) is 14.5 Å². The van der Waals surface area contributed by atoms with E-state index < -0.39 is 0 Å². The Bertz CT molecular complexity index is 3060. The molecule has 4 heterocycles. The first-order chi connectivity index (χ1) is 25.3. The van der Waals surface area contributed by atoms with Crippen LogP contribution in [0.5, 0.6) is 0 Å². The first-order valence-corrected chi connectivity index (χ1v) is 17.9. The normalized spacial score (nSPS) is 11.9. The topological polar surface area (TPSA) is 43.9 Å². The maximum absolute atomic E-state index is 6.74. The highest BCUT2D eigenvalue weighted by atomic mass is 32.1. The Hall–Kier alpha value is -6.56. The maximum atomic E-state index is 6.74. The van der Waals surface area contributed by atoms with E-state index >= 15 is 0 Å². The number of nitrogens with zero attached hydrogens (tertiary/aromatic N) is 3. The second-order valence-electron chi connectivity index (χ2n) is 12.9. The van der Waals surface area contributed by atoms with Crippen molar-refractivity contribution in [2.45, 2.75) is 0 Å². The first-order valence-electron chi connectivity index (χ1n) is 17.1. The molecule has 0 saturated heterocycles. The summed E-state index contributed by atoms with van der Waals surface area (Å²) in [7, 11) is 0. The molecule has 0 radical (unpaired) electrons. The van der Waals surface area contributed by atoms with Crippen LogP contribution in [0.25, 0.3) is 104 Å². The Kier molecular flexibility index (Phi) is 6.09. The molecule has 4 nitrogen and oxygen atoms in total. The van der Waals surface area contributed by atoms with Gasteiger partial charge in [0, 0.05) is 54.0 Å². The van der Waals surface area contributed by atoms with Crippen LogP contribution in [0.4, 0.5) is 0 Å². The van der Waals surface area contributed by atoms with E-state index in [1.165, 1.54) is 30.9 Å². The highest BCUT2D eigenvalue weighted by Gasteiger charge is 2.25. The van der Waals surface area contributed by atoms with Crippen molar-refractivity contribution in [2.24, 2.45) is 0 Å². The summed E-state index contributed by atoms with van der Waals surface area (Å²) in [6.45, 7) is 0. The van der Waals surface area contributed by atoms with Gasteiger partial charge < -0.3 is 8.98 Å². The smallest absolute Gasteiger partial charge is 0.160 e. The monoisotopic (exact) mass is 669 g/mol. The summed E-state index contributed by atoms with van der Waals surface area (Å²) in [6, 6.07) is 57.3. The van der Waals surface area contributed by atoms with Gasteiger partial charge in [-0.3, -0.25) is 0 Å². The molecule has 0 atom stereocenters. The van der Waals surface area contributed by atoms with Crippen molar-refractivity contribution in [3.05, 3.63) is 164 Å². The Balaban J connectivity index is 1.18. The van der Waals surface area contributed by atoms with E-state index in [1.807, 2.05) is 47.7 Å². The minimum Gasteiger partial charge on any atom is -0.454 e. The fourth-order valence-electron chi connectivity index (χ4n) is 7.74. The number of para-hydroxylation sites is 2. The van der Waals surface area contributed by atoms with Gasteiger partial charge in [-0.15, -0.1) is 11.3 Å². The second-order valence-corrected chi connectivity index (χ2v) is 14.0. The Labute approximate surface area is 296 Å². The average molecular weight is 670 g/mol. The second kappa shape index (κ2) is 11.0. The van der Waals surface area contributed by atoms with E-state index in [2.05, 4.69) is 132 Å².